The van der Waals surface area contributed by atoms with E-state index in [1.165, 1.54) is 7.11 Å². The zero-order chi connectivity index (χ0) is 17.8. The molecule has 130 valence electrons. The third-order valence-electron chi connectivity index (χ3n) is 3.50. The van der Waals surface area contributed by atoms with Gasteiger partial charge in [-0.2, -0.15) is 0 Å². The van der Waals surface area contributed by atoms with Gasteiger partial charge in [-0.05, 0) is 30.3 Å². The van der Waals surface area contributed by atoms with Crippen molar-refractivity contribution in [1.82, 2.24) is 4.98 Å². The van der Waals surface area contributed by atoms with Crippen molar-refractivity contribution in [2.24, 2.45) is 0 Å². The number of benzene rings is 2. The summed E-state index contributed by atoms with van der Waals surface area (Å²) in [5.74, 6) is 2.17. The third kappa shape index (κ3) is 3.81. The number of ether oxygens (including phenoxy) is 3. The van der Waals surface area contributed by atoms with Gasteiger partial charge in [0.15, 0.2) is 0 Å². The molecule has 0 bridgehead atoms. The Labute approximate surface area is 147 Å². The molecule has 0 saturated carbocycles. The zero-order valence-electron chi connectivity index (χ0n) is 13.5. The molecule has 1 aromatic heterocycles. The van der Waals surface area contributed by atoms with E-state index in [9.17, 15) is 8.76 Å². The third-order valence-corrected chi connectivity index (χ3v) is 3.89. The largest absolute Gasteiger partial charge is 0.755 e. The lowest BCUT2D eigenvalue weighted by Crippen LogP contribution is -2.04. The van der Waals surface area contributed by atoms with Crippen LogP contribution in [0.1, 0.15) is 0 Å². The van der Waals surface area contributed by atoms with Crippen LogP contribution in [0.5, 0.6) is 23.0 Å². The first kappa shape index (κ1) is 17.0. The Balaban J connectivity index is 1.94. The molecule has 0 spiro atoms. The molecule has 25 heavy (non-hydrogen) atoms. The minimum atomic E-state index is -2.44. The molecule has 0 amide bonds. The number of nitrogens with zero attached hydrogens (tertiary/aromatic N) is 1. The van der Waals surface area contributed by atoms with Crippen LogP contribution in [-0.4, -0.2) is 28.0 Å². The maximum Gasteiger partial charge on any atom is 0.146 e. The highest BCUT2D eigenvalue weighted by atomic mass is 32.2. The summed E-state index contributed by atoms with van der Waals surface area (Å²) in [6.45, 7) is 0. The molecule has 0 radical (unpaired) electrons. The Morgan fingerprint density at radius 3 is 2.52 bits per heavy atom. The summed E-state index contributed by atoms with van der Waals surface area (Å²) in [5.41, 5.74) is 1.07. The normalized spacial score (nSPS) is 11.8. The summed E-state index contributed by atoms with van der Waals surface area (Å²) in [5, 5.41) is 0.824. The smallest absolute Gasteiger partial charge is 0.146 e. The summed E-state index contributed by atoms with van der Waals surface area (Å²) in [6.07, 6.45) is 1.64. The average molecular weight is 359 g/mol. The number of hydrogen-bond donors (Lipinski definition) is 1. The minimum absolute atomic E-state index is 0.326. The lowest BCUT2D eigenvalue weighted by Gasteiger charge is -2.15. The van der Waals surface area contributed by atoms with Crippen LogP contribution in [0.25, 0.3) is 10.9 Å². The topological polar surface area (TPSA) is 92.7 Å². The minimum Gasteiger partial charge on any atom is -0.755 e. The molecule has 0 aliphatic carbocycles. The fourth-order valence-corrected chi connectivity index (χ4v) is 2.70. The molecule has 8 heteroatoms. The van der Waals surface area contributed by atoms with Crippen LogP contribution in [0.4, 0.5) is 5.69 Å². The number of nitrogens with one attached hydrogen (secondary N) is 1. The standard InChI is InChI=1S/C17H16N2O5S/c1-22-11-3-5-13-15(9-11)18-8-7-16(13)24-12-4-6-14(19-25(20)21)17(10-12)23-2/h3-10,19H,1-2H3,(H,20,21)/p-1. The van der Waals surface area contributed by atoms with Crippen molar-refractivity contribution in [2.75, 3.05) is 18.9 Å². The molecular weight excluding hydrogens is 344 g/mol. The highest BCUT2D eigenvalue weighted by Gasteiger charge is 2.09. The fourth-order valence-electron chi connectivity index (χ4n) is 2.35. The van der Waals surface area contributed by atoms with Crippen LogP contribution >= 0.6 is 0 Å². The van der Waals surface area contributed by atoms with Gasteiger partial charge in [0, 0.05) is 35.0 Å². The number of anilines is 1. The van der Waals surface area contributed by atoms with E-state index in [1.54, 1.807) is 37.6 Å². The van der Waals surface area contributed by atoms with Crippen LogP contribution < -0.4 is 18.9 Å². The highest BCUT2D eigenvalue weighted by molar-refractivity contribution is 7.80. The van der Waals surface area contributed by atoms with Crippen LogP contribution in [0.2, 0.25) is 0 Å². The van der Waals surface area contributed by atoms with E-state index in [2.05, 4.69) is 9.71 Å². The van der Waals surface area contributed by atoms with Crippen LogP contribution in [-0.2, 0) is 11.3 Å². The van der Waals surface area contributed by atoms with Gasteiger partial charge < -0.3 is 23.5 Å². The average Bonchev–Trinajstić information content (AvgIpc) is 2.62. The summed E-state index contributed by atoms with van der Waals surface area (Å²) in [7, 11) is 3.05. The van der Waals surface area contributed by atoms with Gasteiger partial charge in [0.2, 0.25) is 0 Å². The highest BCUT2D eigenvalue weighted by Crippen LogP contribution is 2.34. The van der Waals surface area contributed by atoms with E-state index in [-0.39, 0.29) is 0 Å². The molecular formula is C17H15N2O5S-. The van der Waals surface area contributed by atoms with Crippen molar-refractivity contribution < 1.29 is 23.0 Å². The van der Waals surface area contributed by atoms with E-state index in [1.807, 2.05) is 18.2 Å². The van der Waals surface area contributed by atoms with Gasteiger partial charge in [-0.25, -0.2) is 0 Å². The monoisotopic (exact) mass is 359 g/mol. The second-order valence-electron chi connectivity index (χ2n) is 4.99. The Hall–Kier alpha value is -2.84. The predicted octanol–water partition coefficient (Wildman–Crippen LogP) is 3.25. The summed E-state index contributed by atoms with van der Waals surface area (Å²) in [4.78, 5) is 4.31. The van der Waals surface area contributed by atoms with Crippen LogP contribution in [0.3, 0.4) is 0 Å². The number of hydrogen-bond acceptors (Lipinski definition) is 6. The molecule has 0 saturated heterocycles. The molecule has 0 fully saturated rings. The quantitative estimate of drug-likeness (QED) is 0.679. The van der Waals surface area contributed by atoms with Gasteiger partial charge in [-0.15, -0.1) is 0 Å². The number of fused-ring (bicyclic) bond motifs is 1. The maximum absolute atomic E-state index is 10.8. The summed E-state index contributed by atoms with van der Waals surface area (Å²) < 4.78 is 40.2. The van der Waals surface area contributed by atoms with E-state index in [0.29, 0.717) is 28.7 Å². The molecule has 3 rings (SSSR count). The first-order chi connectivity index (χ1) is 12.1. The lowest BCUT2D eigenvalue weighted by atomic mass is 10.2. The van der Waals surface area contributed by atoms with Crippen molar-refractivity contribution in [1.29, 1.82) is 0 Å². The van der Waals surface area contributed by atoms with Gasteiger partial charge in [0.25, 0.3) is 0 Å². The summed E-state index contributed by atoms with van der Waals surface area (Å²) >= 11 is -2.44. The van der Waals surface area contributed by atoms with Crippen molar-refractivity contribution >= 4 is 27.9 Å². The number of aromatic nitrogens is 1. The van der Waals surface area contributed by atoms with Crippen molar-refractivity contribution in [3.8, 4) is 23.0 Å². The second-order valence-corrected chi connectivity index (χ2v) is 5.67. The van der Waals surface area contributed by atoms with Crippen molar-refractivity contribution in [2.45, 2.75) is 0 Å². The molecule has 1 heterocycles. The molecule has 1 N–H and O–H groups in total. The number of pyridine rings is 1. The molecule has 1 atom stereocenters. The second kappa shape index (κ2) is 7.37. The fraction of sp³-hybridized carbons (Fsp3) is 0.118. The number of rotatable bonds is 6. The van der Waals surface area contributed by atoms with Crippen molar-refractivity contribution in [3.05, 3.63) is 48.7 Å². The van der Waals surface area contributed by atoms with Gasteiger partial charge in [-0.1, -0.05) is 0 Å². The zero-order valence-corrected chi connectivity index (χ0v) is 14.3. The molecule has 3 aromatic rings. The molecule has 0 aliphatic heterocycles. The van der Waals surface area contributed by atoms with Crippen molar-refractivity contribution in [3.63, 3.8) is 0 Å². The Morgan fingerprint density at radius 1 is 1.00 bits per heavy atom. The van der Waals surface area contributed by atoms with Crippen LogP contribution in [0.15, 0.2) is 48.7 Å². The van der Waals surface area contributed by atoms with E-state index in [0.717, 1.165) is 10.9 Å². The SMILES string of the molecule is COc1ccc2c(Oc3ccc(NS(=O)[O-])c(OC)c3)ccnc2c1. The van der Waals surface area contributed by atoms with Gasteiger partial charge >= 0.3 is 0 Å². The van der Waals surface area contributed by atoms with Gasteiger partial charge in [-0.3, -0.25) is 9.19 Å². The van der Waals surface area contributed by atoms with Gasteiger partial charge in [0.05, 0.1) is 25.4 Å². The van der Waals surface area contributed by atoms with E-state index in [4.69, 9.17) is 14.2 Å². The Morgan fingerprint density at radius 2 is 1.80 bits per heavy atom. The van der Waals surface area contributed by atoms with Crippen LogP contribution in [0, 0.1) is 0 Å². The predicted molar refractivity (Wildman–Crippen MR) is 93.9 cm³/mol. The van der Waals surface area contributed by atoms with Gasteiger partial charge in [0.1, 0.15) is 23.0 Å². The maximum atomic E-state index is 10.8. The molecule has 2 aromatic carbocycles. The molecule has 1 unspecified atom stereocenters. The lowest BCUT2D eigenvalue weighted by molar-refractivity contribution is 0.411. The first-order valence-corrected chi connectivity index (χ1v) is 8.33. The first-order valence-electron chi connectivity index (χ1n) is 7.25. The van der Waals surface area contributed by atoms with E-state index < -0.39 is 11.3 Å². The molecule has 7 nitrogen and oxygen atoms in total. The summed E-state index contributed by atoms with van der Waals surface area (Å²) in [6, 6.07) is 12.1. The Bertz CT molecular complexity index is 932. The molecule has 0 aliphatic rings. The Kier molecular flexibility index (Phi) is 5.01. The van der Waals surface area contributed by atoms with E-state index >= 15 is 0 Å². The number of methoxy groups -OCH3 is 2.